The summed E-state index contributed by atoms with van der Waals surface area (Å²) in [6, 6.07) is -0.109. The van der Waals surface area contributed by atoms with Crippen LogP contribution in [0.4, 0.5) is 0 Å². The number of hydrogen-bond acceptors (Lipinski definition) is 3. The second kappa shape index (κ2) is 5.95. The van der Waals surface area contributed by atoms with Gasteiger partial charge in [-0.25, -0.2) is 0 Å². The molecule has 3 N–H and O–H groups in total. The summed E-state index contributed by atoms with van der Waals surface area (Å²) < 4.78 is 1.70. The Bertz CT molecular complexity index is 441. The van der Waals surface area contributed by atoms with Crippen LogP contribution in [0.5, 0.6) is 0 Å². The van der Waals surface area contributed by atoms with Crippen LogP contribution < -0.4 is 11.1 Å². The number of thiocarbonyl (C=S) groups is 1. The lowest BCUT2D eigenvalue weighted by molar-refractivity contribution is -0.124. The first-order valence-corrected chi connectivity index (χ1v) is 6.32. The number of aryl methyl sites for hydroxylation is 1. The van der Waals surface area contributed by atoms with E-state index in [0.29, 0.717) is 0 Å². The molecule has 0 saturated carbocycles. The largest absolute Gasteiger partial charge is 0.393 e. The molecule has 0 saturated heterocycles. The molecule has 0 radical (unpaired) electrons. The predicted molar refractivity (Wildman–Crippen MR) is 74.9 cm³/mol. The molecule has 1 aromatic heterocycles. The minimum absolute atomic E-state index is 0.0867. The molecule has 0 aromatic carbocycles. The topological polar surface area (TPSA) is 72.9 Å². The summed E-state index contributed by atoms with van der Waals surface area (Å²) >= 11 is 4.94. The van der Waals surface area contributed by atoms with E-state index < -0.39 is 5.92 Å². The molecule has 6 heteroatoms. The van der Waals surface area contributed by atoms with Gasteiger partial charge in [0.15, 0.2) is 0 Å². The fourth-order valence-electron chi connectivity index (χ4n) is 1.81. The number of nitrogens with one attached hydrogen (secondary N) is 1. The summed E-state index contributed by atoms with van der Waals surface area (Å²) in [7, 11) is 1.84. The summed E-state index contributed by atoms with van der Waals surface area (Å²) in [5.41, 5.74) is 6.57. The fraction of sp³-hybridized carbons (Fsp3) is 0.583. The molecule has 18 heavy (non-hydrogen) atoms. The highest BCUT2D eigenvalue weighted by atomic mass is 32.1. The van der Waals surface area contributed by atoms with Gasteiger partial charge in [0.1, 0.15) is 0 Å². The quantitative estimate of drug-likeness (QED) is 0.786. The zero-order valence-electron chi connectivity index (χ0n) is 11.2. The maximum atomic E-state index is 12.1. The van der Waals surface area contributed by atoms with E-state index in [1.54, 1.807) is 10.9 Å². The smallest absolute Gasteiger partial charge is 0.230 e. The lowest BCUT2D eigenvalue weighted by atomic mass is 9.94. The van der Waals surface area contributed by atoms with Crippen LogP contribution in [0.15, 0.2) is 12.4 Å². The van der Waals surface area contributed by atoms with Crippen molar-refractivity contribution >= 4 is 23.1 Å². The maximum Gasteiger partial charge on any atom is 0.230 e. The Morgan fingerprint density at radius 3 is 2.50 bits per heavy atom. The second-order valence-electron chi connectivity index (χ2n) is 4.80. The van der Waals surface area contributed by atoms with Crippen molar-refractivity contribution in [2.75, 3.05) is 0 Å². The lowest BCUT2D eigenvalue weighted by Gasteiger charge is -2.21. The number of amides is 1. The molecule has 0 fully saturated rings. The third-order valence-corrected chi connectivity index (χ3v) is 3.09. The first-order valence-electron chi connectivity index (χ1n) is 5.91. The van der Waals surface area contributed by atoms with E-state index in [-0.39, 0.29) is 22.9 Å². The molecule has 0 aliphatic carbocycles. The molecule has 2 atom stereocenters. The third-order valence-electron chi connectivity index (χ3n) is 2.84. The van der Waals surface area contributed by atoms with Crippen molar-refractivity contribution in [3.63, 3.8) is 0 Å². The molecular weight excluding hydrogens is 248 g/mol. The number of hydrogen-bond donors (Lipinski definition) is 2. The molecule has 5 nitrogen and oxygen atoms in total. The average molecular weight is 268 g/mol. The normalized spacial score (nSPS) is 14.3. The van der Waals surface area contributed by atoms with E-state index in [1.165, 1.54) is 0 Å². The first kappa shape index (κ1) is 14.6. The van der Waals surface area contributed by atoms with Crippen LogP contribution in [0.1, 0.15) is 32.4 Å². The Morgan fingerprint density at radius 2 is 2.11 bits per heavy atom. The minimum atomic E-state index is -0.431. The summed E-state index contributed by atoms with van der Waals surface area (Å²) in [6.07, 6.45) is 3.60. The second-order valence-corrected chi connectivity index (χ2v) is 5.27. The minimum Gasteiger partial charge on any atom is -0.393 e. The Kier molecular flexibility index (Phi) is 4.84. The summed E-state index contributed by atoms with van der Waals surface area (Å²) in [5.74, 6) is -0.475. The van der Waals surface area contributed by atoms with Gasteiger partial charge in [0.2, 0.25) is 5.91 Å². The molecule has 1 heterocycles. The van der Waals surface area contributed by atoms with Gasteiger partial charge >= 0.3 is 0 Å². The number of nitrogens with two attached hydrogens (primary N) is 1. The zero-order valence-corrected chi connectivity index (χ0v) is 12.0. The van der Waals surface area contributed by atoms with Crippen molar-refractivity contribution in [3.05, 3.63) is 18.0 Å². The van der Waals surface area contributed by atoms with Crippen molar-refractivity contribution < 1.29 is 4.79 Å². The maximum absolute atomic E-state index is 12.1. The van der Waals surface area contributed by atoms with E-state index in [0.717, 1.165) is 5.56 Å². The highest BCUT2D eigenvalue weighted by Crippen LogP contribution is 2.15. The van der Waals surface area contributed by atoms with Crippen molar-refractivity contribution in [2.45, 2.75) is 26.8 Å². The van der Waals surface area contributed by atoms with Crippen molar-refractivity contribution in [2.24, 2.45) is 24.6 Å². The lowest BCUT2D eigenvalue weighted by Crippen LogP contribution is -2.41. The van der Waals surface area contributed by atoms with Crippen LogP contribution in [-0.2, 0) is 11.8 Å². The van der Waals surface area contributed by atoms with E-state index in [2.05, 4.69) is 10.4 Å². The van der Waals surface area contributed by atoms with Crippen LogP contribution in [0.2, 0.25) is 0 Å². The van der Waals surface area contributed by atoms with Gasteiger partial charge in [-0.3, -0.25) is 9.48 Å². The first-order chi connectivity index (χ1) is 8.32. The predicted octanol–water partition coefficient (Wildman–Crippen LogP) is 1.16. The number of rotatable bonds is 5. The molecule has 2 unspecified atom stereocenters. The molecule has 1 rings (SSSR count). The van der Waals surface area contributed by atoms with E-state index in [9.17, 15) is 4.79 Å². The Morgan fingerprint density at radius 1 is 1.50 bits per heavy atom. The van der Waals surface area contributed by atoms with Gasteiger partial charge in [0.25, 0.3) is 0 Å². The van der Waals surface area contributed by atoms with Crippen molar-refractivity contribution in [1.29, 1.82) is 0 Å². The fourth-order valence-corrected chi connectivity index (χ4v) is 2.19. The number of carbonyl (C=O) groups is 1. The average Bonchev–Trinajstić information content (AvgIpc) is 2.63. The van der Waals surface area contributed by atoms with E-state index in [1.807, 2.05) is 34.0 Å². The van der Waals surface area contributed by atoms with Gasteiger partial charge < -0.3 is 11.1 Å². The molecular formula is C12H20N4OS. The van der Waals surface area contributed by atoms with Crippen molar-refractivity contribution in [1.82, 2.24) is 15.1 Å². The monoisotopic (exact) mass is 268 g/mol. The molecule has 1 aromatic rings. The van der Waals surface area contributed by atoms with Crippen LogP contribution in [-0.4, -0.2) is 20.7 Å². The van der Waals surface area contributed by atoms with Gasteiger partial charge in [0.05, 0.1) is 23.1 Å². The highest BCUT2D eigenvalue weighted by molar-refractivity contribution is 7.80. The van der Waals surface area contributed by atoms with E-state index in [4.69, 9.17) is 18.0 Å². The van der Waals surface area contributed by atoms with Crippen LogP contribution in [0.25, 0.3) is 0 Å². The Labute approximate surface area is 113 Å². The van der Waals surface area contributed by atoms with Gasteiger partial charge in [-0.15, -0.1) is 0 Å². The number of aromatic nitrogens is 2. The molecule has 0 aliphatic rings. The summed E-state index contributed by atoms with van der Waals surface area (Å²) in [6.45, 7) is 5.77. The standard InChI is InChI=1S/C12H20N4OS/c1-7(2)10(11(13)18)12(17)15-8(3)9-5-14-16(4)6-9/h5-8,10H,1-4H3,(H2,13,18)(H,15,17). The van der Waals surface area contributed by atoms with Gasteiger partial charge in [0, 0.05) is 18.8 Å². The van der Waals surface area contributed by atoms with Crippen molar-refractivity contribution in [3.8, 4) is 0 Å². The van der Waals surface area contributed by atoms with Crippen LogP contribution in [0.3, 0.4) is 0 Å². The Balaban J connectivity index is 2.72. The van der Waals surface area contributed by atoms with Gasteiger partial charge in [-0.1, -0.05) is 26.1 Å². The molecule has 100 valence electrons. The Hall–Kier alpha value is -1.43. The van der Waals surface area contributed by atoms with E-state index >= 15 is 0 Å². The summed E-state index contributed by atoms with van der Waals surface area (Å²) in [5, 5.41) is 6.99. The van der Waals surface area contributed by atoms with Gasteiger partial charge in [-0.05, 0) is 12.8 Å². The third kappa shape index (κ3) is 3.53. The number of nitrogens with zero attached hydrogens (tertiary/aromatic N) is 2. The highest BCUT2D eigenvalue weighted by Gasteiger charge is 2.26. The molecule has 0 aliphatic heterocycles. The molecule has 0 bridgehead atoms. The summed E-state index contributed by atoms with van der Waals surface area (Å²) in [4.78, 5) is 12.3. The van der Waals surface area contributed by atoms with Crippen LogP contribution >= 0.6 is 12.2 Å². The molecule has 1 amide bonds. The zero-order chi connectivity index (χ0) is 13.9. The molecule has 0 spiro atoms. The van der Waals surface area contributed by atoms with Crippen LogP contribution in [0, 0.1) is 11.8 Å². The number of carbonyl (C=O) groups excluding carboxylic acids is 1. The van der Waals surface area contributed by atoms with Gasteiger partial charge in [-0.2, -0.15) is 5.10 Å². The SMILES string of the molecule is CC(NC(=O)C(C(N)=S)C(C)C)c1cnn(C)c1.